The van der Waals surface area contributed by atoms with Gasteiger partial charge in [0.2, 0.25) is 17.8 Å². The van der Waals surface area contributed by atoms with Crippen LogP contribution in [0.5, 0.6) is 5.88 Å². The van der Waals surface area contributed by atoms with Crippen LogP contribution in [0, 0.1) is 0 Å². The number of nitrogens with one attached hydrogen (secondary N) is 1. The van der Waals surface area contributed by atoms with Gasteiger partial charge in [-0.1, -0.05) is 12.1 Å². The van der Waals surface area contributed by atoms with E-state index in [1.807, 2.05) is 24.3 Å². The Labute approximate surface area is 133 Å². The maximum absolute atomic E-state index is 5.17. The zero-order chi connectivity index (χ0) is 15.6. The average Bonchev–Trinajstić information content (AvgIpc) is 3.06. The van der Waals surface area contributed by atoms with Gasteiger partial charge in [0.25, 0.3) is 0 Å². The van der Waals surface area contributed by atoms with Gasteiger partial charge < -0.3 is 19.5 Å². The van der Waals surface area contributed by atoms with E-state index in [2.05, 4.69) is 29.7 Å². The highest BCUT2D eigenvalue weighted by atomic mass is 16.5. The van der Waals surface area contributed by atoms with Crippen LogP contribution in [0.25, 0.3) is 11.0 Å². The molecule has 0 saturated carbocycles. The molecule has 23 heavy (non-hydrogen) atoms. The molecule has 1 saturated heterocycles. The molecule has 1 aromatic carbocycles. The van der Waals surface area contributed by atoms with Crippen LogP contribution in [-0.2, 0) is 0 Å². The van der Waals surface area contributed by atoms with Crippen LogP contribution in [0.2, 0.25) is 0 Å². The van der Waals surface area contributed by atoms with Crippen molar-refractivity contribution in [2.75, 3.05) is 43.1 Å². The maximum Gasteiger partial charge on any atom is 0.228 e. The normalized spacial score (nSPS) is 15.2. The van der Waals surface area contributed by atoms with E-state index in [1.54, 1.807) is 19.4 Å². The lowest BCUT2D eigenvalue weighted by Crippen LogP contribution is -2.47. The predicted octanol–water partition coefficient (Wildman–Crippen LogP) is 1.69. The van der Waals surface area contributed by atoms with Crippen molar-refractivity contribution in [1.82, 2.24) is 19.9 Å². The molecule has 0 atom stereocenters. The summed E-state index contributed by atoms with van der Waals surface area (Å²) in [5.74, 6) is 2.24. The lowest BCUT2D eigenvalue weighted by molar-refractivity contribution is 0.396. The predicted molar refractivity (Wildman–Crippen MR) is 89.1 cm³/mol. The zero-order valence-electron chi connectivity index (χ0n) is 12.9. The molecule has 0 amide bonds. The molecule has 1 fully saturated rings. The third kappa shape index (κ3) is 2.65. The molecule has 0 radical (unpaired) electrons. The van der Waals surface area contributed by atoms with E-state index < -0.39 is 0 Å². The number of aromatic nitrogens is 4. The second-order valence-electron chi connectivity index (χ2n) is 5.45. The second-order valence-corrected chi connectivity index (χ2v) is 5.45. The summed E-state index contributed by atoms with van der Waals surface area (Å²) in [6, 6.07) is 9.85. The number of methoxy groups -OCH3 is 1. The van der Waals surface area contributed by atoms with Crippen molar-refractivity contribution in [3.63, 3.8) is 0 Å². The van der Waals surface area contributed by atoms with Gasteiger partial charge in [-0.3, -0.25) is 0 Å². The molecule has 0 spiro atoms. The summed E-state index contributed by atoms with van der Waals surface area (Å²) in [4.78, 5) is 21.2. The summed E-state index contributed by atoms with van der Waals surface area (Å²) in [6.07, 6.45) is 1.73. The number of rotatable bonds is 3. The van der Waals surface area contributed by atoms with Crippen molar-refractivity contribution < 1.29 is 4.74 Å². The van der Waals surface area contributed by atoms with Crippen molar-refractivity contribution in [2.24, 2.45) is 0 Å². The van der Waals surface area contributed by atoms with E-state index in [1.165, 1.54) is 0 Å². The van der Waals surface area contributed by atoms with E-state index in [0.29, 0.717) is 11.8 Å². The number of anilines is 2. The van der Waals surface area contributed by atoms with Crippen LogP contribution >= 0.6 is 0 Å². The molecule has 0 unspecified atom stereocenters. The fraction of sp³-hybridized carbons (Fsp3) is 0.312. The van der Waals surface area contributed by atoms with E-state index >= 15 is 0 Å². The summed E-state index contributed by atoms with van der Waals surface area (Å²) in [5.41, 5.74) is 2.07. The number of hydrogen-bond acceptors (Lipinski definition) is 6. The van der Waals surface area contributed by atoms with Gasteiger partial charge >= 0.3 is 0 Å². The van der Waals surface area contributed by atoms with Gasteiger partial charge in [0, 0.05) is 38.4 Å². The first-order valence-electron chi connectivity index (χ1n) is 7.65. The fourth-order valence-corrected chi connectivity index (χ4v) is 2.81. The van der Waals surface area contributed by atoms with Crippen molar-refractivity contribution in [3.8, 4) is 5.88 Å². The smallest absolute Gasteiger partial charge is 0.228 e. The van der Waals surface area contributed by atoms with E-state index in [-0.39, 0.29) is 0 Å². The Hall–Kier alpha value is -2.83. The summed E-state index contributed by atoms with van der Waals surface area (Å²) in [5, 5.41) is 0. The Balaban J connectivity index is 1.48. The number of piperazine rings is 1. The van der Waals surface area contributed by atoms with Crippen LogP contribution < -0.4 is 14.5 Å². The molecule has 2 aromatic heterocycles. The van der Waals surface area contributed by atoms with Crippen molar-refractivity contribution >= 4 is 22.9 Å². The molecule has 7 heteroatoms. The Bertz CT molecular complexity index is 776. The lowest BCUT2D eigenvalue weighted by Gasteiger charge is -2.34. The summed E-state index contributed by atoms with van der Waals surface area (Å²) in [6.45, 7) is 3.45. The molecule has 118 valence electrons. The standard InChI is InChI=1S/C16H18N6O/c1-23-14-6-7-17-15(20-14)21-8-10-22(11-9-21)16-18-12-4-2-3-5-13(12)19-16/h2-7H,8-11H2,1H3,(H,18,19). The molecule has 1 N–H and O–H groups in total. The molecule has 4 rings (SSSR count). The van der Waals surface area contributed by atoms with E-state index in [9.17, 15) is 0 Å². The van der Waals surface area contributed by atoms with E-state index in [0.717, 1.165) is 43.2 Å². The second kappa shape index (κ2) is 5.75. The summed E-state index contributed by atoms with van der Waals surface area (Å²) >= 11 is 0. The van der Waals surface area contributed by atoms with Crippen LogP contribution in [0.15, 0.2) is 36.5 Å². The monoisotopic (exact) mass is 310 g/mol. The molecule has 1 aliphatic heterocycles. The van der Waals surface area contributed by atoms with E-state index in [4.69, 9.17) is 4.74 Å². The highest BCUT2D eigenvalue weighted by Crippen LogP contribution is 2.20. The average molecular weight is 310 g/mol. The molecular weight excluding hydrogens is 292 g/mol. The van der Waals surface area contributed by atoms with Crippen LogP contribution in [0.3, 0.4) is 0 Å². The number of hydrogen-bond donors (Lipinski definition) is 1. The van der Waals surface area contributed by atoms with Crippen molar-refractivity contribution in [2.45, 2.75) is 0 Å². The topological polar surface area (TPSA) is 70.2 Å². The molecule has 3 heterocycles. The maximum atomic E-state index is 5.17. The van der Waals surface area contributed by atoms with Gasteiger partial charge in [0.05, 0.1) is 18.1 Å². The lowest BCUT2D eigenvalue weighted by atomic mass is 10.3. The largest absolute Gasteiger partial charge is 0.481 e. The Morgan fingerprint density at radius 1 is 1.00 bits per heavy atom. The van der Waals surface area contributed by atoms with Crippen LogP contribution in [0.4, 0.5) is 11.9 Å². The van der Waals surface area contributed by atoms with Crippen molar-refractivity contribution in [1.29, 1.82) is 0 Å². The van der Waals surface area contributed by atoms with Crippen LogP contribution in [0.1, 0.15) is 0 Å². The number of fused-ring (bicyclic) bond motifs is 1. The number of aromatic amines is 1. The number of H-pyrrole nitrogens is 1. The first-order valence-corrected chi connectivity index (χ1v) is 7.65. The Kier molecular flexibility index (Phi) is 3.45. The number of benzene rings is 1. The fourth-order valence-electron chi connectivity index (χ4n) is 2.81. The van der Waals surface area contributed by atoms with Gasteiger partial charge in [-0.15, -0.1) is 0 Å². The quantitative estimate of drug-likeness (QED) is 0.794. The summed E-state index contributed by atoms with van der Waals surface area (Å²) in [7, 11) is 1.62. The first-order chi connectivity index (χ1) is 11.3. The number of ether oxygens (including phenoxy) is 1. The third-order valence-corrected chi connectivity index (χ3v) is 4.07. The number of nitrogens with zero attached hydrogens (tertiary/aromatic N) is 5. The van der Waals surface area contributed by atoms with Crippen LogP contribution in [-0.4, -0.2) is 53.2 Å². The van der Waals surface area contributed by atoms with Gasteiger partial charge in [-0.05, 0) is 12.1 Å². The highest BCUT2D eigenvalue weighted by Gasteiger charge is 2.21. The first kappa shape index (κ1) is 13.8. The number of imidazole rings is 1. The minimum atomic E-state index is 0.592. The highest BCUT2D eigenvalue weighted by molar-refractivity contribution is 5.77. The molecule has 1 aliphatic rings. The van der Waals surface area contributed by atoms with Gasteiger partial charge in [0.1, 0.15) is 0 Å². The Morgan fingerprint density at radius 3 is 2.57 bits per heavy atom. The third-order valence-electron chi connectivity index (χ3n) is 4.07. The minimum absolute atomic E-state index is 0.592. The molecular formula is C16H18N6O. The van der Waals surface area contributed by atoms with Crippen molar-refractivity contribution in [3.05, 3.63) is 36.5 Å². The summed E-state index contributed by atoms with van der Waals surface area (Å²) < 4.78 is 5.17. The Morgan fingerprint density at radius 2 is 1.78 bits per heavy atom. The minimum Gasteiger partial charge on any atom is -0.481 e. The molecule has 0 bridgehead atoms. The molecule has 7 nitrogen and oxygen atoms in total. The molecule has 0 aliphatic carbocycles. The van der Waals surface area contributed by atoms with Gasteiger partial charge in [-0.25, -0.2) is 9.97 Å². The molecule has 3 aromatic rings. The number of para-hydroxylation sites is 2. The van der Waals surface area contributed by atoms with Gasteiger partial charge in [0.15, 0.2) is 0 Å². The zero-order valence-corrected chi connectivity index (χ0v) is 12.9. The SMILES string of the molecule is COc1ccnc(N2CCN(c3nc4ccccc4[nH]3)CC2)n1. The van der Waals surface area contributed by atoms with Gasteiger partial charge in [-0.2, -0.15) is 4.98 Å².